The molecule has 0 aliphatic rings. The molecular formula is C13H20N2O2S. The molecule has 0 aliphatic carbocycles. The summed E-state index contributed by atoms with van der Waals surface area (Å²) in [4.78, 5) is 10.7. The number of thioether (sulfide) groups is 1. The number of para-hydroxylation sites is 1. The molecule has 0 heterocycles. The fraction of sp³-hybridized carbons (Fsp3) is 0.538. The van der Waals surface area contributed by atoms with Gasteiger partial charge >= 0.3 is 0 Å². The molecule has 1 rings (SSSR count). The van der Waals surface area contributed by atoms with Crippen LogP contribution in [0.5, 0.6) is 0 Å². The summed E-state index contributed by atoms with van der Waals surface area (Å²) < 4.78 is 0. The van der Waals surface area contributed by atoms with Crippen LogP contribution >= 0.6 is 11.8 Å². The zero-order valence-corrected chi connectivity index (χ0v) is 11.9. The second-order valence-corrected chi connectivity index (χ2v) is 5.54. The molecule has 5 heteroatoms. The van der Waals surface area contributed by atoms with E-state index in [9.17, 15) is 10.1 Å². The van der Waals surface area contributed by atoms with E-state index in [0.717, 1.165) is 17.1 Å². The average Bonchev–Trinajstić information content (AvgIpc) is 2.30. The van der Waals surface area contributed by atoms with Crippen LogP contribution in [-0.4, -0.2) is 17.2 Å². The van der Waals surface area contributed by atoms with Gasteiger partial charge in [0.1, 0.15) is 5.69 Å². The van der Waals surface area contributed by atoms with Crippen molar-refractivity contribution in [3.63, 3.8) is 0 Å². The number of benzene rings is 1. The molecule has 0 saturated carbocycles. The number of hydrogen-bond acceptors (Lipinski definition) is 4. The molecule has 100 valence electrons. The van der Waals surface area contributed by atoms with Gasteiger partial charge in [-0.05, 0) is 24.2 Å². The third-order valence-electron chi connectivity index (χ3n) is 2.39. The van der Waals surface area contributed by atoms with Crippen molar-refractivity contribution < 1.29 is 4.92 Å². The Morgan fingerprint density at radius 3 is 2.72 bits per heavy atom. The van der Waals surface area contributed by atoms with Gasteiger partial charge in [-0.25, -0.2) is 0 Å². The molecule has 0 radical (unpaired) electrons. The van der Waals surface area contributed by atoms with Crippen molar-refractivity contribution in [2.24, 2.45) is 5.92 Å². The van der Waals surface area contributed by atoms with Crippen molar-refractivity contribution in [1.82, 2.24) is 0 Å². The molecule has 0 spiro atoms. The molecule has 0 saturated heterocycles. The van der Waals surface area contributed by atoms with Crippen LogP contribution in [0.3, 0.4) is 0 Å². The number of nitrogens with one attached hydrogen (secondary N) is 1. The Morgan fingerprint density at radius 2 is 2.17 bits per heavy atom. The highest BCUT2D eigenvalue weighted by Crippen LogP contribution is 2.31. The fourth-order valence-corrected chi connectivity index (χ4v) is 2.69. The SMILES string of the molecule is CCNc1c(CSCC(C)C)cccc1[N+](=O)[O-]. The van der Waals surface area contributed by atoms with Crippen molar-refractivity contribution in [3.8, 4) is 0 Å². The van der Waals surface area contributed by atoms with Crippen molar-refractivity contribution >= 4 is 23.1 Å². The molecule has 0 unspecified atom stereocenters. The second-order valence-electron chi connectivity index (χ2n) is 4.51. The maximum Gasteiger partial charge on any atom is 0.292 e. The van der Waals surface area contributed by atoms with E-state index in [0.29, 0.717) is 18.2 Å². The van der Waals surface area contributed by atoms with E-state index in [4.69, 9.17) is 0 Å². The predicted molar refractivity (Wildman–Crippen MR) is 78.3 cm³/mol. The number of nitrogens with zero attached hydrogens (tertiary/aromatic N) is 1. The molecule has 0 atom stereocenters. The van der Waals surface area contributed by atoms with Crippen LogP contribution in [0.4, 0.5) is 11.4 Å². The standard InChI is InChI=1S/C13H20N2O2S/c1-4-14-13-11(9-18-8-10(2)3)6-5-7-12(13)15(16)17/h5-7,10,14H,4,8-9H2,1-3H3. The summed E-state index contributed by atoms with van der Waals surface area (Å²) in [7, 11) is 0. The van der Waals surface area contributed by atoms with Gasteiger partial charge in [0.2, 0.25) is 0 Å². The van der Waals surface area contributed by atoms with Gasteiger partial charge in [0, 0.05) is 18.4 Å². The van der Waals surface area contributed by atoms with E-state index in [1.807, 2.05) is 24.8 Å². The quantitative estimate of drug-likeness (QED) is 0.601. The molecule has 1 aromatic rings. The monoisotopic (exact) mass is 268 g/mol. The normalized spacial score (nSPS) is 10.7. The number of nitro benzene ring substituents is 1. The summed E-state index contributed by atoms with van der Waals surface area (Å²) in [6, 6.07) is 5.26. The first-order valence-corrected chi connectivity index (χ1v) is 7.29. The summed E-state index contributed by atoms with van der Waals surface area (Å²) in [5, 5.41) is 14.1. The molecule has 0 amide bonds. The molecule has 0 aliphatic heterocycles. The molecule has 0 aromatic heterocycles. The molecule has 1 aromatic carbocycles. The smallest absolute Gasteiger partial charge is 0.292 e. The van der Waals surface area contributed by atoms with Gasteiger partial charge in [-0.2, -0.15) is 11.8 Å². The van der Waals surface area contributed by atoms with Gasteiger partial charge in [-0.15, -0.1) is 0 Å². The minimum atomic E-state index is -0.325. The van der Waals surface area contributed by atoms with Crippen molar-refractivity contribution in [1.29, 1.82) is 0 Å². The minimum Gasteiger partial charge on any atom is -0.380 e. The van der Waals surface area contributed by atoms with Gasteiger partial charge in [0.15, 0.2) is 0 Å². The first-order chi connectivity index (χ1) is 8.56. The van der Waals surface area contributed by atoms with Crippen LogP contribution in [0.15, 0.2) is 18.2 Å². The lowest BCUT2D eigenvalue weighted by atomic mass is 10.1. The van der Waals surface area contributed by atoms with Crippen LogP contribution in [0.2, 0.25) is 0 Å². The maximum atomic E-state index is 11.0. The van der Waals surface area contributed by atoms with E-state index in [2.05, 4.69) is 19.2 Å². The van der Waals surface area contributed by atoms with Crippen molar-refractivity contribution in [2.45, 2.75) is 26.5 Å². The Kier molecular flexibility index (Phi) is 5.98. The molecule has 1 N–H and O–H groups in total. The predicted octanol–water partition coefficient (Wildman–Crippen LogP) is 3.92. The zero-order chi connectivity index (χ0) is 13.5. The third-order valence-corrected chi connectivity index (χ3v) is 3.81. The second kappa shape index (κ2) is 7.26. The summed E-state index contributed by atoms with van der Waals surface area (Å²) in [6.45, 7) is 6.98. The lowest BCUT2D eigenvalue weighted by molar-refractivity contribution is -0.384. The lowest BCUT2D eigenvalue weighted by Crippen LogP contribution is -2.04. The number of rotatable bonds is 7. The maximum absolute atomic E-state index is 11.0. The van der Waals surface area contributed by atoms with Crippen LogP contribution in [0.25, 0.3) is 0 Å². The van der Waals surface area contributed by atoms with Crippen LogP contribution in [0.1, 0.15) is 26.3 Å². The zero-order valence-electron chi connectivity index (χ0n) is 11.1. The van der Waals surface area contributed by atoms with Crippen LogP contribution in [0, 0.1) is 16.0 Å². The van der Waals surface area contributed by atoms with Crippen molar-refractivity contribution in [3.05, 3.63) is 33.9 Å². The minimum absolute atomic E-state index is 0.166. The van der Waals surface area contributed by atoms with E-state index in [-0.39, 0.29) is 10.6 Å². The lowest BCUT2D eigenvalue weighted by Gasteiger charge is -2.11. The Morgan fingerprint density at radius 1 is 1.44 bits per heavy atom. The van der Waals surface area contributed by atoms with E-state index in [1.54, 1.807) is 12.1 Å². The van der Waals surface area contributed by atoms with Crippen molar-refractivity contribution in [2.75, 3.05) is 17.6 Å². The molecule has 4 nitrogen and oxygen atoms in total. The molecule has 18 heavy (non-hydrogen) atoms. The largest absolute Gasteiger partial charge is 0.380 e. The summed E-state index contributed by atoms with van der Waals surface area (Å²) in [5.41, 5.74) is 1.84. The average molecular weight is 268 g/mol. The molecule has 0 bridgehead atoms. The highest BCUT2D eigenvalue weighted by Gasteiger charge is 2.16. The Balaban J connectivity index is 2.88. The van der Waals surface area contributed by atoms with Gasteiger partial charge in [-0.3, -0.25) is 10.1 Å². The summed E-state index contributed by atoms with van der Waals surface area (Å²) >= 11 is 1.81. The van der Waals surface area contributed by atoms with Crippen LogP contribution < -0.4 is 5.32 Å². The first-order valence-electron chi connectivity index (χ1n) is 6.14. The van der Waals surface area contributed by atoms with E-state index >= 15 is 0 Å². The Bertz CT molecular complexity index is 408. The molecular weight excluding hydrogens is 248 g/mol. The van der Waals surface area contributed by atoms with Crippen LogP contribution in [-0.2, 0) is 5.75 Å². The van der Waals surface area contributed by atoms with E-state index < -0.39 is 0 Å². The number of hydrogen-bond donors (Lipinski definition) is 1. The van der Waals surface area contributed by atoms with Gasteiger partial charge in [0.25, 0.3) is 5.69 Å². The Hall–Kier alpha value is -1.23. The first kappa shape index (κ1) is 14.8. The van der Waals surface area contributed by atoms with E-state index in [1.165, 1.54) is 0 Å². The summed E-state index contributed by atoms with van der Waals surface area (Å²) in [6.07, 6.45) is 0. The third kappa shape index (κ3) is 4.22. The van der Waals surface area contributed by atoms with Gasteiger partial charge < -0.3 is 5.32 Å². The number of nitro groups is 1. The Labute approximate surface area is 112 Å². The highest BCUT2D eigenvalue weighted by atomic mass is 32.2. The fourth-order valence-electron chi connectivity index (χ4n) is 1.64. The topological polar surface area (TPSA) is 55.2 Å². The summed E-state index contributed by atoms with van der Waals surface area (Å²) in [5.74, 6) is 2.51. The van der Waals surface area contributed by atoms with Gasteiger partial charge in [0.05, 0.1) is 4.92 Å². The molecule has 0 fully saturated rings. The van der Waals surface area contributed by atoms with Gasteiger partial charge in [-0.1, -0.05) is 26.0 Å². The number of anilines is 1. The highest BCUT2D eigenvalue weighted by molar-refractivity contribution is 7.98.